The quantitative estimate of drug-likeness (QED) is 0.672. The van der Waals surface area contributed by atoms with E-state index in [2.05, 4.69) is 16.0 Å². The summed E-state index contributed by atoms with van der Waals surface area (Å²) < 4.78 is 10.3. The van der Waals surface area contributed by atoms with Gasteiger partial charge in [0.25, 0.3) is 0 Å². The van der Waals surface area contributed by atoms with Crippen molar-refractivity contribution >= 4 is 29.3 Å². The van der Waals surface area contributed by atoms with E-state index in [0.717, 1.165) is 18.4 Å². The Balaban J connectivity index is 1.78. The second-order valence-electron chi connectivity index (χ2n) is 7.39. The average molecular weight is 389 g/mol. The average Bonchev–Trinajstić information content (AvgIpc) is 2.61. The molecule has 0 bridgehead atoms. The molecule has 1 aliphatic heterocycles. The minimum Gasteiger partial charge on any atom is -0.444 e. The standard InChI is InChI=1S/C20H27N3O5/c1-20(2,3)28-19(26)21-13-18(25)23-16-6-4-15(5-7-16)22-17(24)12-14-8-10-27-11-9-14/h4-7,12H,8-11,13H2,1-3H3,(H,21,26)(H,22,24)(H,23,25). The van der Waals surface area contributed by atoms with Gasteiger partial charge in [-0.15, -0.1) is 0 Å². The third-order valence-electron chi connectivity index (χ3n) is 3.70. The molecule has 1 saturated heterocycles. The lowest BCUT2D eigenvalue weighted by atomic mass is 10.1. The summed E-state index contributed by atoms with van der Waals surface area (Å²) in [5, 5.41) is 7.84. The van der Waals surface area contributed by atoms with E-state index in [1.807, 2.05) is 0 Å². The number of alkyl carbamates (subject to hydrolysis) is 1. The van der Waals surface area contributed by atoms with Gasteiger partial charge in [0.05, 0.1) is 13.2 Å². The van der Waals surface area contributed by atoms with Crippen LogP contribution in [-0.4, -0.2) is 43.3 Å². The molecule has 28 heavy (non-hydrogen) atoms. The Morgan fingerprint density at radius 3 is 2.18 bits per heavy atom. The van der Waals surface area contributed by atoms with Crippen molar-refractivity contribution in [2.75, 3.05) is 30.4 Å². The van der Waals surface area contributed by atoms with Crippen LogP contribution in [0, 0.1) is 0 Å². The molecule has 1 heterocycles. The summed E-state index contributed by atoms with van der Waals surface area (Å²) in [5.41, 5.74) is 1.63. The molecule has 152 valence electrons. The molecule has 3 N–H and O–H groups in total. The van der Waals surface area contributed by atoms with Gasteiger partial charge in [0.2, 0.25) is 11.8 Å². The SMILES string of the molecule is CC(C)(C)OC(=O)NCC(=O)Nc1ccc(NC(=O)C=C2CCOCC2)cc1. The first-order chi connectivity index (χ1) is 13.2. The number of hydrogen-bond donors (Lipinski definition) is 3. The fourth-order valence-corrected chi connectivity index (χ4v) is 2.45. The molecule has 0 radical (unpaired) electrons. The molecule has 0 unspecified atom stereocenters. The van der Waals surface area contributed by atoms with E-state index in [0.29, 0.717) is 24.6 Å². The number of anilines is 2. The molecule has 1 aromatic carbocycles. The van der Waals surface area contributed by atoms with Crippen LogP contribution < -0.4 is 16.0 Å². The summed E-state index contributed by atoms with van der Waals surface area (Å²) >= 11 is 0. The molecule has 0 spiro atoms. The molecule has 1 aromatic rings. The van der Waals surface area contributed by atoms with Crippen molar-refractivity contribution in [3.63, 3.8) is 0 Å². The first-order valence-corrected chi connectivity index (χ1v) is 9.16. The van der Waals surface area contributed by atoms with Crippen molar-refractivity contribution in [3.05, 3.63) is 35.9 Å². The van der Waals surface area contributed by atoms with Gasteiger partial charge in [0.15, 0.2) is 0 Å². The molecule has 3 amide bonds. The van der Waals surface area contributed by atoms with Crippen LogP contribution >= 0.6 is 0 Å². The highest BCUT2D eigenvalue weighted by Gasteiger charge is 2.16. The molecular formula is C20H27N3O5. The van der Waals surface area contributed by atoms with Crippen molar-refractivity contribution in [1.82, 2.24) is 5.32 Å². The molecule has 1 fully saturated rings. The zero-order valence-corrected chi connectivity index (χ0v) is 16.5. The lowest BCUT2D eigenvalue weighted by molar-refractivity contribution is -0.115. The van der Waals surface area contributed by atoms with Gasteiger partial charge < -0.3 is 25.4 Å². The number of hydrogen-bond acceptors (Lipinski definition) is 5. The van der Waals surface area contributed by atoms with Crippen LogP contribution in [0.2, 0.25) is 0 Å². The van der Waals surface area contributed by atoms with Gasteiger partial charge in [-0.25, -0.2) is 4.79 Å². The molecule has 1 aliphatic rings. The Labute approximate surface area is 164 Å². The molecule has 0 atom stereocenters. The third kappa shape index (κ3) is 8.22. The van der Waals surface area contributed by atoms with E-state index in [-0.39, 0.29) is 18.4 Å². The number of carbonyl (C=O) groups excluding carboxylic acids is 3. The number of rotatable bonds is 5. The maximum absolute atomic E-state index is 12.0. The Kier molecular flexibility index (Phi) is 7.57. The Bertz CT molecular complexity index is 727. The number of carbonyl (C=O) groups is 3. The molecule has 0 saturated carbocycles. The summed E-state index contributed by atoms with van der Waals surface area (Å²) in [6.07, 6.45) is 2.51. The molecule has 0 aliphatic carbocycles. The van der Waals surface area contributed by atoms with Crippen molar-refractivity contribution < 1.29 is 23.9 Å². The second kappa shape index (κ2) is 9.89. The Morgan fingerprint density at radius 2 is 1.61 bits per heavy atom. The first kappa shape index (κ1) is 21.4. The second-order valence-corrected chi connectivity index (χ2v) is 7.39. The van der Waals surface area contributed by atoms with Crippen LogP contribution in [0.15, 0.2) is 35.9 Å². The molecule has 0 aromatic heterocycles. The van der Waals surface area contributed by atoms with Crippen LogP contribution in [0.1, 0.15) is 33.6 Å². The van der Waals surface area contributed by atoms with E-state index in [1.165, 1.54) is 0 Å². The minimum atomic E-state index is -0.653. The van der Waals surface area contributed by atoms with E-state index in [1.54, 1.807) is 51.1 Å². The highest BCUT2D eigenvalue weighted by molar-refractivity contribution is 6.00. The van der Waals surface area contributed by atoms with Crippen molar-refractivity contribution in [3.8, 4) is 0 Å². The van der Waals surface area contributed by atoms with Gasteiger partial charge in [-0.3, -0.25) is 9.59 Å². The zero-order chi connectivity index (χ0) is 20.6. The maximum atomic E-state index is 12.0. The van der Waals surface area contributed by atoms with Crippen LogP contribution in [0.25, 0.3) is 0 Å². The molecule has 8 nitrogen and oxygen atoms in total. The van der Waals surface area contributed by atoms with Gasteiger partial charge >= 0.3 is 6.09 Å². The normalized spacial score (nSPS) is 14.0. The summed E-state index contributed by atoms with van der Waals surface area (Å²) in [7, 11) is 0. The summed E-state index contributed by atoms with van der Waals surface area (Å²) in [6, 6.07) is 6.72. The number of ether oxygens (including phenoxy) is 2. The van der Waals surface area contributed by atoms with Crippen molar-refractivity contribution in [2.24, 2.45) is 0 Å². The van der Waals surface area contributed by atoms with Crippen LogP contribution in [-0.2, 0) is 19.1 Å². The zero-order valence-electron chi connectivity index (χ0n) is 16.5. The highest BCUT2D eigenvalue weighted by atomic mass is 16.6. The van der Waals surface area contributed by atoms with E-state index in [4.69, 9.17) is 9.47 Å². The lowest BCUT2D eigenvalue weighted by Crippen LogP contribution is -2.37. The lowest BCUT2D eigenvalue weighted by Gasteiger charge is -2.19. The smallest absolute Gasteiger partial charge is 0.408 e. The van der Waals surface area contributed by atoms with Gasteiger partial charge in [-0.2, -0.15) is 0 Å². The molecular weight excluding hydrogens is 362 g/mol. The fourth-order valence-electron chi connectivity index (χ4n) is 2.45. The van der Waals surface area contributed by atoms with Gasteiger partial charge in [0.1, 0.15) is 12.1 Å². The van der Waals surface area contributed by atoms with Crippen LogP contribution in [0.4, 0.5) is 16.2 Å². The number of nitrogens with one attached hydrogen (secondary N) is 3. The first-order valence-electron chi connectivity index (χ1n) is 9.16. The minimum absolute atomic E-state index is 0.185. The van der Waals surface area contributed by atoms with E-state index >= 15 is 0 Å². The largest absolute Gasteiger partial charge is 0.444 e. The molecule has 2 rings (SSSR count). The van der Waals surface area contributed by atoms with Crippen molar-refractivity contribution in [1.29, 1.82) is 0 Å². The maximum Gasteiger partial charge on any atom is 0.408 e. The van der Waals surface area contributed by atoms with E-state index < -0.39 is 11.7 Å². The predicted molar refractivity (Wildman–Crippen MR) is 106 cm³/mol. The van der Waals surface area contributed by atoms with Gasteiger partial charge in [-0.05, 0) is 57.9 Å². The Hall–Kier alpha value is -2.87. The highest BCUT2D eigenvalue weighted by Crippen LogP contribution is 2.16. The predicted octanol–water partition coefficient (Wildman–Crippen LogP) is 2.83. The van der Waals surface area contributed by atoms with Gasteiger partial charge in [-0.1, -0.05) is 5.57 Å². The number of amides is 3. The van der Waals surface area contributed by atoms with Gasteiger partial charge in [0, 0.05) is 17.5 Å². The third-order valence-corrected chi connectivity index (χ3v) is 3.70. The number of benzene rings is 1. The fraction of sp³-hybridized carbons (Fsp3) is 0.450. The summed E-state index contributed by atoms with van der Waals surface area (Å²) in [6.45, 7) is 6.32. The van der Waals surface area contributed by atoms with Crippen LogP contribution in [0.5, 0.6) is 0 Å². The van der Waals surface area contributed by atoms with E-state index in [9.17, 15) is 14.4 Å². The summed E-state index contributed by atoms with van der Waals surface area (Å²) in [4.78, 5) is 35.5. The van der Waals surface area contributed by atoms with Crippen molar-refractivity contribution in [2.45, 2.75) is 39.2 Å². The Morgan fingerprint density at radius 1 is 1.04 bits per heavy atom. The topological polar surface area (TPSA) is 106 Å². The summed E-state index contributed by atoms with van der Waals surface area (Å²) in [5.74, 6) is -0.567. The monoisotopic (exact) mass is 389 g/mol. The van der Waals surface area contributed by atoms with Crippen LogP contribution in [0.3, 0.4) is 0 Å². The molecule has 8 heteroatoms.